The third kappa shape index (κ3) is 2.33. The van der Waals surface area contributed by atoms with E-state index in [0.29, 0.717) is 22.2 Å². The Labute approximate surface area is 119 Å². The van der Waals surface area contributed by atoms with Crippen molar-refractivity contribution in [2.24, 2.45) is 0 Å². The number of benzene rings is 1. The molecule has 0 fully saturated rings. The average molecular weight is 282 g/mol. The summed E-state index contributed by atoms with van der Waals surface area (Å²) in [6.45, 7) is 1.71. The van der Waals surface area contributed by atoms with Crippen molar-refractivity contribution in [3.63, 3.8) is 0 Å². The number of halogens is 1. The van der Waals surface area contributed by atoms with Gasteiger partial charge < -0.3 is 5.11 Å². The van der Waals surface area contributed by atoms with Crippen LogP contribution in [0.1, 0.15) is 15.9 Å². The minimum atomic E-state index is -1.11. The number of aryl methyl sites for hydroxylation is 1. The molecule has 0 saturated heterocycles. The average Bonchev–Trinajstić information content (AvgIpc) is 2.47. The lowest BCUT2D eigenvalue weighted by atomic mass is 10.0. The predicted octanol–water partition coefficient (Wildman–Crippen LogP) is 3.44. The van der Waals surface area contributed by atoms with Gasteiger partial charge in [-0.1, -0.05) is 0 Å². The zero-order valence-corrected chi connectivity index (χ0v) is 11.2. The molecule has 2 heterocycles. The second kappa shape index (κ2) is 4.94. The van der Waals surface area contributed by atoms with E-state index >= 15 is 0 Å². The Hall–Kier alpha value is -2.82. The second-order valence-electron chi connectivity index (χ2n) is 4.71. The standard InChI is InChI=1S/C16H11FN2O2/c1-9-6-11(17)7-12-13(16(20)21)8-14(19-15(9)12)10-2-4-18-5-3-10/h2-8H,1H3,(H,20,21). The number of aromatic nitrogens is 2. The molecule has 0 aliphatic heterocycles. The first-order valence-corrected chi connectivity index (χ1v) is 6.31. The Bertz CT molecular complexity index is 848. The van der Waals surface area contributed by atoms with E-state index in [0.717, 1.165) is 5.56 Å². The summed E-state index contributed by atoms with van der Waals surface area (Å²) in [4.78, 5) is 19.9. The quantitative estimate of drug-likeness (QED) is 0.782. The fraction of sp³-hybridized carbons (Fsp3) is 0.0625. The van der Waals surface area contributed by atoms with Gasteiger partial charge in [-0.15, -0.1) is 0 Å². The van der Waals surface area contributed by atoms with Crippen LogP contribution >= 0.6 is 0 Å². The van der Waals surface area contributed by atoms with Gasteiger partial charge in [0, 0.05) is 23.3 Å². The van der Waals surface area contributed by atoms with E-state index in [4.69, 9.17) is 0 Å². The van der Waals surface area contributed by atoms with Crippen molar-refractivity contribution in [1.29, 1.82) is 0 Å². The largest absolute Gasteiger partial charge is 0.478 e. The lowest BCUT2D eigenvalue weighted by Crippen LogP contribution is -2.02. The van der Waals surface area contributed by atoms with Crippen LogP contribution in [0, 0.1) is 12.7 Å². The molecule has 1 aromatic carbocycles. The van der Waals surface area contributed by atoms with Gasteiger partial charge >= 0.3 is 5.97 Å². The molecule has 2 aromatic heterocycles. The van der Waals surface area contributed by atoms with Crippen molar-refractivity contribution in [1.82, 2.24) is 9.97 Å². The summed E-state index contributed by atoms with van der Waals surface area (Å²) >= 11 is 0. The summed E-state index contributed by atoms with van der Waals surface area (Å²) in [7, 11) is 0. The number of pyridine rings is 2. The van der Waals surface area contributed by atoms with Crippen molar-refractivity contribution in [3.8, 4) is 11.3 Å². The third-order valence-corrected chi connectivity index (χ3v) is 3.28. The van der Waals surface area contributed by atoms with Crippen LogP contribution in [0.3, 0.4) is 0 Å². The number of nitrogens with zero attached hydrogens (tertiary/aromatic N) is 2. The van der Waals surface area contributed by atoms with E-state index in [2.05, 4.69) is 9.97 Å². The molecule has 3 aromatic rings. The monoisotopic (exact) mass is 282 g/mol. The molecule has 0 aliphatic carbocycles. The summed E-state index contributed by atoms with van der Waals surface area (Å²) in [6.07, 6.45) is 3.22. The molecule has 3 rings (SSSR count). The summed E-state index contributed by atoms with van der Waals surface area (Å²) in [6, 6.07) is 7.50. The van der Waals surface area contributed by atoms with E-state index in [1.54, 1.807) is 31.5 Å². The van der Waals surface area contributed by atoms with Gasteiger partial charge in [-0.2, -0.15) is 0 Å². The fourth-order valence-corrected chi connectivity index (χ4v) is 2.30. The maximum absolute atomic E-state index is 13.5. The second-order valence-corrected chi connectivity index (χ2v) is 4.71. The Morgan fingerprint density at radius 2 is 1.90 bits per heavy atom. The highest BCUT2D eigenvalue weighted by Crippen LogP contribution is 2.27. The molecule has 0 bridgehead atoms. The highest BCUT2D eigenvalue weighted by molar-refractivity contribution is 6.04. The normalized spacial score (nSPS) is 10.8. The van der Waals surface area contributed by atoms with E-state index < -0.39 is 11.8 Å². The van der Waals surface area contributed by atoms with Crippen LogP contribution in [0.25, 0.3) is 22.2 Å². The van der Waals surface area contributed by atoms with Gasteiger partial charge in [0.1, 0.15) is 5.82 Å². The smallest absolute Gasteiger partial charge is 0.336 e. The Balaban J connectivity index is 2.38. The van der Waals surface area contributed by atoms with Crippen molar-refractivity contribution < 1.29 is 14.3 Å². The zero-order valence-electron chi connectivity index (χ0n) is 11.2. The van der Waals surface area contributed by atoms with Crippen molar-refractivity contribution in [2.75, 3.05) is 0 Å². The minimum Gasteiger partial charge on any atom is -0.478 e. The predicted molar refractivity (Wildman–Crippen MR) is 76.6 cm³/mol. The van der Waals surface area contributed by atoms with Gasteiger partial charge in [0.25, 0.3) is 0 Å². The topological polar surface area (TPSA) is 63.1 Å². The van der Waals surface area contributed by atoms with Crippen LogP contribution < -0.4 is 0 Å². The maximum atomic E-state index is 13.5. The molecule has 0 aliphatic rings. The molecule has 0 amide bonds. The number of carboxylic acid groups (broad SMARTS) is 1. The lowest BCUT2D eigenvalue weighted by Gasteiger charge is -2.09. The number of rotatable bonds is 2. The first-order valence-electron chi connectivity index (χ1n) is 6.31. The number of carbonyl (C=O) groups is 1. The SMILES string of the molecule is Cc1cc(F)cc2c(C(=O)O)cc(-c3ccncc3)nc12. The number of hydrogen-bond donors (Lipinski definition) is 1. The Kier molecular flexibility index (Phi) is 3.10. The van der Waals surface area contributed by atoms with Gasteiger partial charge in [0.05, 0.1) is 16.8 Å². The third-order valence-electron chi connectivity index (χ3n) is 3.28. The van der Waals surface area contributed by atoms with Gasteiger partial charge in [-0.05, 0) is 42.8 Å². The molecular weight excluding hydrogens is 271 g/mol. The maximum Gasteiger partial charge on any atom is 0.336 e. The van der Waals surface area contributed by atoms with Crippen LogP contribution in [0.2, 0.25) is 0 Å². The summed E-state index contributed by atoms with van der Waals surface area (Å²) in [5.41, 5.74) is 2.41. The number of hydrogen-bond acceptors (Lipinski definition) is 3. The molecule has 104 valence electrons. The molecule has 1 N–H and O–H groups in total. The van der Waals surface area contributed by atoms with Crippen molar-refractivity contribution >= 4 is 16.9 Å². The zero-order chi connectivity index (χ0) is 15.0. The van der Waals surface area contributed by atoms with E-state index in [-0.39, 0.29) is 5.56 Å². The van der Waals surface area contributed by atoms with Crippen LogP contribution in [0.4, 0.5) is 4.39 Å². The van der Waals surface area contributed by atoms with Crippen molar-refractivity contribution in [2.45, 2.75) is 6.92 Å². The first-order chi connectivity index (χ1) is 10.1. The van der Waals surface area contributed by atoms with Crippen LogP contribution in [0.15, 0.2) is 42.7 Å². The molecule has 0 spiro atoms. The lowest BCUT2D eigenvalue weighted by molar-refractivity contribution is 0.0699. The summed E-state index contributed by atoms with van der Waals surface area (Å²) < 4.78 is 13.5. The van der Waals surface area contributed by atoms with Crippen LogP contribution in [-0.2, 0) is 0 Å². The van der Waals surface area contributed by atoms with Gasteiger partial charge in [0.15, 0.2) is 0 Å². The summed E-state index contributed by atoms with van der Waals surface area (Å²) in [5.74, 6) is -1.58. The van der Waals surface area contributed by atoms with Gasteiger partial charge in [-0.3, -0.25) is 4.98 Å². The number of aromatic carboxylic acids is 1. The van der Waals surface area contributed by atoms with Crippen LogP contribution in [-0.4, -0.2) is 21.0 Å². The first kappa shape index (κ1) is 13.2. The molecule has 0 saturated carbocycles. The highest BCUT2D eigenvalue weighted by atomic mass is 19.1. The van der Waals surface area contributed by atoms with Gasteiger partial charge in [-0.25, -0.2) is 14.2 Å². The van der Waals surface area contributed by atoms with Crippen LogP contribution in [0.5, 0.6) is 0 Å². The molecule has 5 heteroatoms. The Morgan fingerprint density at radius 3 is 2.57 bits per heavy atom. The molecule has 4 nitrogen and oxygen atoms in total. The molecular formula is C16H11FN2O2. The molecule has 0 unspecified atom stereocenters. The molecule has 0 radical (unpaired) electrons. The van der Waals surface area contributed by atoms with Gasteiger partial charge in [0.2, 0.25) is 0 Å². The Morgan fingerprint density at radius 1 is 1.19 bits per heavy atom. The number of fused-ring (bicyclic) bond motifs is 1. The van der Waals surface area contributed by atoms with Crippen molar-refractivity contribution in [3.05, 3.63) is 59.7 Å². The van der Waals surface area contributed by atoms with E-state index in [1.165, 1.54) is 18.2 Å². The summed E-state index contributed by atoms with van der Waals surface area (Å²) in [5, 5.41) is 9.68. The fourth-order valence-electron chi connectivity index (χ4n) is 2.30. The minimum absolute atomic E-state index is 0.0365. The number of carboxylic acids is 1. The molecule has 0 atom stereocenters. The van der Waals surface area contributed by atoms with E-state index in [9.17, 15) is 14.3 Å². The molecule has 21 heavy (non-hydrogen) atoms. The van der Waals surface area contributed by atoms with E-state index in [1.807, 2.05) is 0 Å². The highest BCUT2D eigenvalue weighted by Gasteiger charge is 2.15.